The maximum Gasteiger partial charge on any atom is 0.299 e. The zero-order chi connectivity index (χ0) is 15.4. The van der Waals surface area contributed by atoms with Crippen molar-refractivity contribution in [3.05, 3.63) is 41.1 Å². The molecule has 0 atom stereocenters. The summed E-state index contributed by atoms with van der Waals surface area (Å²) in [4.78, 5) is 26.8. The zero-order valence-electron chi connectivity index (χ0n) is 11.1. The van der Waals surface area contributed by atoms with Gasteiger partial charge in [-0.15, -0.1) is 10.2 Å². The molecule has 21 heavy (non-hydrogen) atoms. The van der Waals surface area contributed by atoms with E-state index in [1.54, 1.807) is 18.2 Å². The fourth-order valence-electron chi connectivity index (χ4n) is 1.44. The van der Waals surface area contributed by atoms with Crippen LogP contribution < -0.4 is 5.32 Å². The van der Waals surface area contributed by atoms with Crippen LogP contribution in [0, 0.1) is 6.92 Å². The number of azo groups is 1. The Kier molecular flexibility index (Phi) is 4.87. The van der Waals surface area contributed by atoms with Crippen molar-refractivity contribution in [2.45, 2.75) is 6.92 Å². The second-order valence-corrected chi connectivity index (χ2v) is 5.45. The number of aliphatic imine (C=N–C) groups is 1. The Morgan fingerprint density at radius 3 is 2.90 bits per heavy atom. The van der Waals surface area contributed by atoms with E-state index in [1.807, 2.05) is 6.92 Å². The lowest BCUT2D eigenvalue weighted by Gasteiger charge is -2.09. The van der Waals surface area contributed by atoms with E-state index in [2.05, 4.69) is 27.1 Å². The summed E-state index contributed by atoms with van der Waals surface area (Å²) in [5.74, 6) is -0.734. The second-order valence-electron chi connectivity index (χ2n) is 4.10. The predicted octanol–water partition coefficient (Wildman–Crippen LogP) is 3.18. The molecular weight excluding hydrogens is 312 g/mol. The van der Waals surface area contributed by atoms with Gasteiger partial charge in [-0.05, 0) is 24.6 Å². The standard InChI is InChI=1S/C13H11ClN4O2S/c1-7-9(14)4-3-5-10(7)15-11(19)6-21-13-16-12(20)8(2)17-18-13/h3-5H,2,6H2,1H3,(H,15,19). The highest BCUT2D eigenvalue weighted by molar-refractivity contribution is 8.14. The zero-order valence-corrected chi connectivity index (χ0v) is 12.7. The van der Waals surface area contributed by atoms with Gasteiger partial charge in [-0.2, -0.15) is 4.99 Å². The average Bonchev–Trinajstić information content (AvgIpc) is 2.45. The molecular formula is C13H11ClN4O2S. The van der Waals surface area contributed by atoms with Gasteiger partial charge in [0, 0.05) is 10.7 Å². The van der Waals surface area contributed by atoms with Gasteiger partial charge in [0.25, 0.3) is 5.91 Å². The summed E-state index contributed by atoms with van der Waals surface area (Å²) in [7, 11) is 0. The number of amides is 2. The topological polar surface area (TPSA) is 83.2 Å². The first kappa shape index (κ1) is 15.4. The third kappa shape index (κ3) is 3.99. The average molecular weight is 323 g/mol. The minimum Gasteiger partial charge on any atom is -0.325 e. The van der Waals surface area contributed by atoms with Crippen molar-refractivity contribution in [1.82, 2.24) is 0 Å². The summed E-state index contributed by atoms with van der Waals surface area (Å²) in [6.45, 7) is 5.19. The number of halogens is 1. The Morgan fingerprint density at radius 2 is 2.19 bits per heavy atom. The highest BCUT2D eigenvalue weighted by Crippen LogP contribution is 2.23. The number of benzene rings is 1. The molecule has 1 heterocycles. The lowest BCUT2D eigenvalue weighted by molar-refractivity contribution is -0.115. The molecule has 8 heteroatoms. The summed E-state index contributed by atoms with van der Waals surface area (Å²) in [6, 6.07) is 5.26. The lowest BCUT2D eigenvalue weighted by atomic mass is 10.2. The number of hydrogen-bond donors (Lipinski definition) is 1. The van der Waals surface area contributed by atoms with Crippen LogP contribution in [-0.2, 0) is 9.59 Å². The number of hydrogen-bond acceptors (Lipinski definition) is 5. The Bertz CT molecular complexity index is 685. The SMILES string of the molecule is C=C1N=NC(SCC(=O)Nc2cccc(Cl)c2C)=NC1=O. The van der Waals surface area contributed by atoms with Crippen molar-refractivity contribution in [3.8, 4) is 0 Å². The third-order valence-corrected chi connectivity index (χ3v) is 3.82. The lowest BCUT2D eigenvalue weighted by Crippen LogP contribution is -2.16. The maximum atomic E-state index is 11.9. The molecule has 0 fully saturated rings. The molecule has 0 saturated carbocycles. The van der Waals surface area contributed by atoms with Gasteiger partial charge in [0.05, 0.1) is 5.75 Å². The Labute approximate surface area is 130 Å². The molecule has 1 aliphatic heterocycles. The molecule has 0 aliphatic carbocycles. The van der Waals surface area contributed by atoms with Crippen molar-refractivity contribution in [2.75, 3.05) is 11.1 Å². The molecule has 1 aromatic carbocycles. The van der Waals surface area contributed by atoms with Crippen LogP contribution in [0.1, 0.15) is 5.56 Å². The van der Waals surface area contributed by atoms with E-state index in [0.29, 0.717) is 10.7 Å². The molecule has 1 aliphatic rings. The molecule has 1 aromatic rings. The van der Waals surface area contributed by atoms with E-state index in [4.69, 9.17) is 11.6 Å². The van der Waals surface area contributed by atoms with Gasteiger partial charge in [-0.25, -0.2) is 0 Å². The van der Waals surface area contributed by atoms with E-state index in [9.17, 15) is 9.59 Å². The number of anilines is 1. The number of amidine groups is 1. The van der Waals surface area contributed by atoms with Crippen LogP contribution in [0.2, 0.25) is 5.02 Å². The highest BCUT2D eigenvalue weighted by Gasteiger charge is 2.15. The highest BCUT2D eigenvalue weighted by atomic mass is 35.5. The number of rotatable bonds is 3. The van der Waals surface area contributed by atoms with Crippen LogP contribution in [0.5, 0.6) is 0 Å². The Morgan fingerprint density at radius 1 is 1.43 bits per heavy atom. The van der Waals surface area contributed by atoms with Crippen LogP contribution in [0.4, 0.5) is 5.69 Å². The first-order valence-electron chi connectivity index (χ1n) is 5.89. The van der Waals surface area contributed by atoms with Gasteiger partial charge >= 0.3 is 0 Å². The number of carbonyl (C=O) groups excluding carboxylic acids is 2. The van der Waals surface area contributed by atoms with E-state index in [1.165, 1.54) is 0 Å². The van der Waals surface area contributed by atoms with Gasteiger partial charge in [-0.1, -0.05) is 36.0 Å². The van der Waals surface area contributed by atoms with Crippen molar-refractivity contribution < 1.29 is 9.59 Å². The molecule has 0 radical (unpaired) electrons. The molecule has 6 nitrogen and oxygen atoms in total. The third-order valence-electron chi connectivity index (χ3n) is 2.57. The minimum atomic E-state index is -0.543. The van der Waals surface area contributed by atoms with Crippen molar-refractivity contribution in [1.29, 1.82) is 0 Å². The van der Waals surface area contributed by atoms with Gasteiger partial charge in [0.1, 0.15) is 5.70 Å². The Balaban J connectivity index is 1.93. The van der Waals surface area contributed by atoms with E-state index in [0.717, 1.165) is 17.3 Å². The van der Waals surface area contributed by atoms with Gasteiger partial charge in [0.2, 0.25) is 11.1 Å². The van der Waals surface area contributed by atoms with Crippen molar-refractivity contribution >= 4 is 46.0 Å². The van der Waals surface area contributed by atoms with E-state index >= 15 is 0 Å². The summed E-state index contributed by atoms with van der Waals surface area (Å²) in [6.07, 6.45) is 0. The van der Waals surface area contributed by atoms with Crippen LogP contribution in [0.25, 0.3) is 0 Å². The fraction of sp³-hybridized carbons (Fsp3) is 0.154. The van der Waals surface area contributed by atoms with Gasteiger partial charge in [-0.3, -0.25) is 9.59 Å². The van der Waals surface area contributed by atoms with Gasteiger partial charge in [0.15, 0.2) is 0 Å². The van der Waals surface area contributed by atoms with E-state index < -0.39 is 5.91 Å². The molecule has 0 saturated heterocycles. The normalized spacial score (nSPS) is 14.1. The fourth-order valence-corrected chi connectivity index (χ4v) is 2.19. The monoisotopic (exact) mass is 322 g/mol. The quantitative estimate of drug-likeness (QED) is 0.867. The van der Waals surface area contributed by atoms with Gasteiger partial charge < -0.3 is 5.32 Å². The van der Waals surface area contributed by atoms with Crippen LogP contribution >= 0.6 is 23.4 Å². The molecule has 0 bridgehead atoms. The summed E-state index contributed by atoms with van der Waals surface area (Å²) < 4.78 is 0. The number of carbonyl (C=O) groups is 2. The molecule has 0 spiro atoms. The minimum absolute atomic E-state index is 0.0154. The molecule has 108 valence electrons. The van der Waals surface area contributed by atoms with Crippen molar-refractivity contribution in [2.24, 2.45) is 15.2 Å². The largest absolute Gasteiger partial charge is 0.325 e. The smallest absolute Gasteiger partial charge is 0.299 e. The van der Waals surface area contributed by atoms with Crippen molar-refractivity contribution in [3.63, 3.8) is 0 Å². The van der Waals surface area contributed by atoms with Crippen LogP contribution in [0.3, 0.4) is 0 Å². The van der Waals surface area contributed by atoms with Crippen LogP contribution in [0.15, 0.2) is 45.7 Å². The number of thioether (sulfide) groups is 1. The molecule has 1 N–H and O–H groups in total. The van der Waals surface area contributed by atoms with Crippen LogP contribution in [-0.4, -0.2) is 22.7 Å². The first-order valence-corrected chi connectivity index (χ1v) is 7.25. The summed E-state index contributed by atoms with van der Waals surface area (Å²) in [5, 5.41) is 10.7. The first-order chi connectivity index (χ1) is 9.97. The maximum absolute atomic E-state index is 11.9. The summed E-state index contributed by atoms with van der Waals surface area (Å²) >= 11 is 7.00. The molecule has 0 unspecified atom stereocenters. The molecule has 2 rings (SSSR count). The second kappa shape index (κ2) is 6.64. The molecule has 0 aromatic heterocycles. The molecule has 2 amide bonds. The number of nitrogens with zero attached hydrogens (tertiary/aromatic N) is 3. The number of nitrogens with one attached hydrogen (secondary N) is 1. The predicted molar refractivity (Wildman–Crippen MR) is 83.7 cm³/mol. The van der Waals surface area contributed by atoms with E-state index in [-0.39, 0.29) is 22.5 Å². The summed E-state index contributed by atoms with van der Waals surface area (Å²) in [5.41, 5.74) is 1.42. The Hall–Kier alpha value is -1.99.